The monoisotopic (exact) mass is 212 g/mol. The molecular weight excluding hydrogens is 209 g/mol. The molecule has 0 aliphatic heterocycles. The zero-order valence-electron chi connectivity index (χ0n) is 3.97. The van der Waals surface area contributed by atoms with Crippen LogP contribution in [0.5, 0.6) is 0 Å². The molecule has 0 saturated heterocycles. The number of rotatable bonds is 1. The van der Waals surface area contributed by atoms with Crippen LogP contribution >= 0.6 is 38.0 Å². The lowest BCUT2D eigenvalue weighted by atomic mass is 11.0. The molecule has 1 aromatic heterocycles. The highest BCUT2D eigenvalue weighted by molar-refractivity contribution is 9.09. The summed E-state index contributed by atoms with van der Waals surface area (Å²) in [5.41, 5.74) is 0. The van der Waals surface area contributed by atoms with Gasteiger partial charge in [-0.15, -0.1) is 0 Å². The molecule has 0 aromatic carbocycles. The van der Waals surface area contributed by atoms with Crippen molar-refractivity contribution in [3.05, 3.63) is 16.0 Å². The molecule has 1 rings (SSSR count). The van der Waals surface area contributed by atoms with Crippen molar-refractivity contribution in [1.82, 2.24) is 4.98 Å². The molecule has 0 bridgehead atoms. The van der Waals surface area contributed by atoms with Crippen molar-refractivity contribution in [3.8, 4) is 0 Å². The van der Waals surface area contributed by atoms with Gasteiger partial charge >= 0.3 is 4.47 Å². The molecule has 0 aliphatic carbocycles. The molecular formula is C4H4BrClNS+. The molecule has 8 heavy (non-hydrogen) atoms. The van der Waals surface area contributed by atoms with Crippen molar-refractivity contribution in [1.29, 1.82) is 0 Å². The molecule has 0 fully saturated rings. The van der Waals surface area contributed by atoms with Crippen LogP contribution in [-0.4, -0.2) is 4.98 Å². The number of aromatic nitrogens is 1. The summed E-state index contributed by atoms with van der Waals surface area (Å²) < 4.78 is 1.60. The summed E-state index contributed by atoms with van der Waals surface area (Å²) in [4.78, 5) is 3.87. The van der Waals surface area contributed by atoms with E-state index < -0.39 is 0 Å². The number of hydrogen-bond acceptors (Lipinski definition) is 1. The maximum absolute atomic E-state index is 5.65. The lowest BCUT2D eigenvalue weighted by Gasteiger charge is -1.72. The van der Waals surface area contributed by atoms with E-state index in [9.17, 15) is 0 Å². The van der Waals surface area contributed by atoms with Crippen LogP contribution in [0.4, 0.5) is 0 Å². The quantitative estimate of drug-likeness (QED) is 0.516. The number of halogens is 2. The van der Waals surface area contributed by atoms with Gasteiger partial charge in [0.1, 0.15) is 0 Å². The third-order valence-electron chi connectivity index (χ3n) is 0.735. The minimum atomic E-state index is 0.0725. The van der Waals surface area contributed by atoms with E-state index in [2.05, 4.69) is 20.9 Å². The first-order chi connectivity index (χ1) is 3.84. The van der Waals surface area contributed by atoms with Gasteiger partial charge in [0.2, 0.25) is 0 Å². The van der Waals surface area contributed by atoms with Crippen molar-refractivity contribution < 1.29 is 0 Å². The second kappa shape index (κ2) is 2.80. The Morgan fingerprint density at radius 1 is 1.88 bits per heavy atom. The van der Waals surface area contributed by atoms with Gasteiger partial charge in [0.05, 0.1) is 6.20 Å². The first-order valence-corrected chi connectivity index (χ1v) is 4.96. The van der Waals surface area contributed by atoms with E-state index >= 15 is 0 Å². The normalized spacial score (nSPS) is 12.0. The molecule has 1 aromatic rings. The van der Waals surface area contributed by atoms with Crippen LogP contribution in [0.2, 0.25) is 4.47 Å². The Bertz CT molecular complexity index is 176. The van der Waals surface area contributed by atoms with E-state index in [4.69, 9.17) is 11.6 Å². The third-order valence-corrected chi connectivity index (χ3v) is 4.13. The van der Waals surface area contributed by atoms with Gasteiger partial charge < -0.3 is 0 Å². The fourth-order valence-corrected chi connectivity index (χ4v) is 2.92. The average Bonchev–Trinajstić information content (AvgIpc) is 2.14. The van der Waals surface area contributed by atoms with Crippen molar-refractivity contribution >= 4 is 38.0 Å². The van der Waals surface area contributed by atoms with E-state index in [-0.39, 0.29) is 10.5 Å². The minimum absolute atomic E-state index is 0.0725. The summed E-state index contributed by atoms with van der Waals surface area (Å²) in [6, 6.07) is 0. The van der Waals surface area contributed by atoms with Gasteiger partial charge in [-0.3, -0.25) is 0 Å². The molecule has 0 amide bonds. The van der Waals surface area contributed by atoms with Crippen LogP contribution in [0.25, 0.3) is 0 Å². The summed E-state index contributed by atoms with van der Waals surface area (Å²) in [7, 11) is 0.0725. The smallest absolute Gasteiger partial charge is 0.190 e. The summed E-state index contributed by atoms with van der Waals surface area (Å²) in [6.45, 7) is 0. The average molecular weight is 214 g/mol. The van der Waals surface area contributed by atoms with Crippen LogP contribution in [0.3, 0.4) is 0 Å². The first kappa shape index (κ1) is 6.52. The second-order valence-electron chi connectivity index (χ2n) is 1.21. The minimum Gasteiger partial charge on any atom is -0.190 e. The Balaban J connectivity index is 2.92. The molecule has 0 N–H and O–H groups in total. The van der Waals surface area contributed by atoms with Crippen molar-refractivity contribution in [2.75, 3.05) is 0 Å². The Labute approximate surface area is 63.8 Å². The largest absolute Gasteiger partial charge is 0.338 e. The molecule has 1 heterocycles. The van der Waals surface area contributed by atoms with Gasteiger partial charge in [-0.1, -0.05) is 0 Å². The second-order valence-corrected chi connectivity index (χ2v) is 4.90. The number of alkyl halides is 1. The summed E-state index contributed by atoms with van der Waals surface area (Å²) >= 11 is 8.96. The lowest BCUT2D eigenvalue weighted by Crippen LogP contribution is -1.56. The highest BCUT2D eigenvalue weighted by atomic mass is 79.9. The zero-order chi connectivity index (χ0) is 5.98. The van der Waals surface area contributed by atoms with Crippen LogP contribution in [-0.2, 0) is 4.66 Å². The zero-order valence-corrected chi connectivity index (χ0v) is 7.13. The molecule has 0 spiro atoms. The van der Waals surface area contributed by atoms with Crippen molar-refractivity contribution in [3.63, 3.8) is 0 Å². The number of thiazole rings is 1. The summed E-state index contributed by atoms with van der Waals surface area (Å²) in [6.07, 6.45) is 1.74. The van der Waals surface area contributed by atoms with E-state index in [1.165, 1.54) is 0 Å². The topological polar surface area (TPSA) is 12.9 Å². The molecule has 1 nitrogen and oxygen atoms in total. The Morgan fingerprint density at radius 2 is 2.62 bits per heavy atom. The van der Waals surface area contributed by atoms with Gasteiger partial charge in [0.25, 0.3) is 0 Å². The van der Waals surface area contributed by atoms with E-state index in [0.29, 0.717) is 4.47 Å². The van der Waals surface area contributed by atoms with Gasteiger partial charge in [-0.2, -0.15) is 4.98 Å². The van der Waals surface area contributed by atoms with E-state index in [1.807, 2.05) is 5.38 Å². The maximum Gasteiger partial charge on any atom is 0.338 e. The lowest BCUT2D eigenvalue weighted by molar-refractivity contribution is 1.42. The third kappa shape index (κ3) is 1.21. The van der Waals surface area contributed by atoms with Crippen molar-refractivity contribution in [2.24, 2.45) is 0 Å². The highest BCUT2D eigenvalue weighted by Gasteiger charge is 2.08. The summed E-state index contributed by atoms with van der Waals surface area (Å²) in [5, 5.41) is 2.00. The fraction of sp³-hybridized carbons (Fsp3) is 0.250. The molecule has 4 heteroatoms. The molecule has 44 valence electrons. The Morgan fingerprint density at radius 3 is 2.88 bits per heavy atom. The van der Waals surface area contributed by atoms with Crippen LogP contribution in [0.15, 0.2) is 11.6 Å². The van der Waals surface area contributed by atoms with Gasteiger partial charge in [-0.25, -0.2) is 0 Å². The van der Waals surface area contributed by atoms with E-state index in [0.717, 1.165) is 4.66 Å². The van der Waals surface area contributed by atoms with Crippen molar-refractivity contribution in [2.45, 2.75) is 4.66 Å². The van der Waals surface area contributed by atoms with Crippen LogP contribution in [0.1, 0.15) is 0 Å². The predicted octanol–water partition coefficient (Wildman–Crippen LogP) is 2.84. The Hall–Kier alpha value is 0.400. The standard InChI is InChI=1S/C4H4BrClNS/c5-3-8-2-1-7-4(8)6/h1-2H,3H2/q+1. The number of nitrogens with zero attached hydrogens (tertiary/aromatic N) is 1. The van der Waals surface area contributed by atoms with Crippen LogP contribution < -0.4 is 0 Å². The summed E-state index contributed by atoms with van der Waals surface area (Å²) in [5.74, 6) is 0. The molecule has 0 radical (unpaired) electrons. The Kier molecular flexibility index (Phi) is 2.28. The van der Waals surface area contributed by atoms with Gasteiger partial charge in [0, 0.05) is 10.5 Å². The SMILES string of the molecule is Clc1ncc[s+]1CBr. The molecule has 1 unspecified atom stereocenters. The maximum atomic E-state index is 5.65. The predicted molar refractivity (Wildman–Crippen MR) is 40.7 cm³/mol. The fourth-order valence-electron chi connectivity index (χ4n) is 0.368. The van der Waals surface area contributed by atoms with E-state index in [1.54, 1.807) is 6.20 Å². The highest BCUT2D eigenvalue weighted by Crippen LogP contribution is 2.29. The molecule has 0 saturated carbocycles. The molecule has 1 atom stereocenters. The van der Waals surface area contributed by atoms with Crippen LogP contribution in [0, 0.1) is 0 Å². The molecule has 0 aliphatic rings. The number of hydrogen-bond donors (Lipinski definition) is 0. The first-order valence-electron chi connectivity index (χ1n) is 2.00. The van der Waals surface area contributed by atoms with Gasteiger partial charge in [-0.05, 0) is 27.5 Å². The van der Waals surface area contributed by atoms with Gasteiger partial charge in [0.15, 0.2) is 10.0 Å².